The molecule has 0 bridgehead atoms. The van der Waals surface area contributed by atoms with Gasteiger partial charge in [-0.3, -0.25) is 4.79 Å². The highest BCUT2D eigenvalue weighted by molar-refractivity contribution is 5.93. The molecule has 5 nitrogen and oxygen atoms in total. The maximum Gasteiger partial charge on any atom is 0.238 e. The third-order valence-corrected chi connectivity index (χ3v) is 2.21. The molecule has 0 aliphatic rings. The quantitative estimate of drug-likeness (QED) is 0.715. The lowest BCUT2D eigenvalue weighted by atomic mass is 10.3. The summed E-state index contributed by atoms with van der Waals surface area (Å²) in [7, 11) is 3.01. The van der Waals surface area contributed by atoms with Crippen LogP contribution in [0, 0.1) is 5.82 Å². The Bertz CT molecular complexity index is 399. The summed E-state index contributed by atoms with van der Waals surface area (Å²) in [5, 5.41) is 5.53. The third-order valence-electron chi connectivity index (χ3n) is 2.21. The van der Waals surface area contributed by atoms with E-state index in [1.165, 1.54) is 25.3 Å². The molecule has 0 saturated carbocycles. The number of amides is 1. The predicted molar refractivity (Wildman–Crippen MR) is 66.3 cm³/mol. The Hall–Kier alpha value is -1.66. The summed E-state index contributed by atoms with van der Waals surface area (Å²) in [6, 6.07) is 3.94. The normalized spacial score (nSPS) is 10.2. The van der Waals surface area contributed by atoms with Crippen molar-refractivity contribution in [2.75, 3.05) is 39.2 Å². The molecule has 1 amide bonds. The topological polar surface area (TPSA) is 59.6 Å². The van der Waals surface area contributed by atoms with Crippen molar-refractivity contribution in [3.63, 3.8) is 0 Å². The SMILES string of the molecule is COCCNCC(=O)Nc1ccc(F)cc1OC. The van der Waals surface area contributed by atoms with Crippen molar-refractivity contribution < 1.29 is 18.7 Å². The van der Waals surface area contributed by atoms with Crippen molar-refractivity contribution in [1.82, 2.24) is 5.32 Å². The van der Waals surface area contributed by atoms with Gasteiger partial charge in [0.05, 0.1) is 25.9 Å². The molecule has 0 aliphatic carbocycles. The van der Waals surface area contributed by atoms with Gasteiger partial charge in [0.15, 0.2) is 0 Å². The molecule has 0 aliphatic heterocycles. The van der Waals surface area contributed by atoms with Crippen LogP contribution in [0.1, 0.15) is 0 Å². The van der Waals surface area contributed by atoms with Gasteiger partial charge in [0.1, 0.15) is 11.6 Å². The average Bonchev–Trinajstić information content (AvgIpc) is 2.37. The fourth-order valence-electron chi connectivity index (χ4n) is 1.34. The summed E-state index contributed by atoms with van der Waals surface area (Å²) in [4.78, 5) is 11.6. The molecule has 1 aromatic carbocycles. The Morgan fingerprint density at radius 2 is 2.17 bits per heavy atom. The van der Waals surface area contributed by atoms with Crippen LogP contribution < -0.4 is 15.4 Å². The van der Waals surface area contributed by atoms with Gasteiger partial charge in [0.2, 0.25) is 5.91 Å². The lowest BCUT2D eigenvalue weighted by Crippen LogP contribution is -2.30. The zero-order chi connectivity index (χ0) is 13.4. The zero-order valence-electron chi connectivity index (χ0n) is 10.5. The number of nitrogens with one attached hydrogen (secondary N) is 2. The molecular weight excluding hydrogens is 239 g/mol. The second kappa shape index (κ2) is 7.62. The lowest BCUT2D eigenvalue weighted by molar-refractivity contribution is -0.115. The molecule has 6 heteroatoms. The third kappa shape index (κ3) is 4.68. The van der Waals surface area contributed by atoms with Gasteiger partial charge in [0, 0.05) is 19.7 Å². The number of rotatable bonds is 7. The molecule has 0 saturated heterocycles. The van der Waals surface area contributed by atoms with Gasteiger partial charge in [-0.25, -0.2) is 4.39 Å². The van der Waals surface area contributed by atoms with Crippen LogP contribution in [0.3, 0.4) is 0 Å². The second-order valence-electron chi connectivity index (χ2n) is 3.56. The highest BCUT2D eigenvalue weighted by Crippen LogP contribution is 2.24. The minimum Gasteiger partial charge on any atom is -0.494 e. The first-order chi connectivity index (χ1) is 8.67. The standard InChI is InChI=1S/C12H17FN2O3/c1-17-6-5-14-8-12(16)15-10-4-3-9(13)7-11(10)18-2/h3-4,7,14H,5-6,8H2,1-2H3,(H,15,16). The smallest absolute Gasteiger partial charge is 0.238 e. The maximum atomic E-state index is 12.9. The van der Waals surface area contributed by atoms with Crippen molar-refractivity contribution in [3.05, 3.63) is 24.0 Å². The Labute approximate surface area is 105 Å². The molecule has 1 rings (SSSR count). The monoisotopic (exact) mass is 256 g/mol. The first kappa shape index (κ1) is 14.4. The van der Waals surface area contributed by atoms with E-state index in [1.807, 2.05) is 0 Å². The first-order valence-corrected chi connectivity index (χ1v) is 5.50. The fourth-order valence-corrected chi connectivity index (χ4v) is 1.34. The minimum absolute atomic E-state index is 0.157. The Kier molecular flexibility index (Phi) is 6.10. The van der Waals surface area contributed by atoms with Crippen LogP contribution in [0.4, 0.5) is 10.1 Å². The largest absolute Gasteiger partial charge is 0.494 e. The molecule has 2 N–H and O–H groups in total. The summed E-state index contributed by atoms with van der Waals surface area (Å²) < 4.78 is 22.8. The van der Waals surface area contributed by atoms with Gasteiger partial charge in [-0.05, 0) is 12.1 Å². The van der Waals surface area contributed by atoms with Crippen LogP contribution >= 0.6 is 0 Å². The van der Waals surface area contributed by atoms with E-state index in [1.54, 1.807) is 7.11 Å². The first-order valence-electron chi connectivity index (χ1n) is 5.50. The average molecular weight is 256 g/mol. The molecule has 0 aromatic heterocycles. The molecule has 0 heterocycles. The van der Waals surface area contributed by atoms with E-state index >= 15 is 0 Å². The summed E-state index contributed by atoms with van der Waals surface area (Å²) in [6.07, 6.45) is 0. The molecule has 0 fully saturated rings. The van der Waals surface area contributed by atoms with Gasteiger partial charge in [0.25, 0.3) is 0 Å². The van der Waals surface area contributed by atoms with Crippen molar-refractivity contribution in [2.24, 2.45) is 0 Å². The van der Waals surface area contributed by atoms with E-state index in [4.69, 9.17) is 9.47 Å². The van der Waals surface area contributed by atoms with Crippen molar-refractivity contribution in [3.8, 4) is 5.75 Å². The Balaban J connectivity index is 2.48. The van der Waals surface area contributed by atoms with Crippen LogP contribution in [-0.2, 0) is 9.53 Å². The molecule has 0 radical (unpaired) electrons. The van der Waals surface area contributed by atoms with Crippen LogP contribution in [0.15, 0.2) is 18.2 Å². The summed E-state index contributed by atoms with van der Waals surface area (Å²) in [6.45, 7) is 1.28. The lowest BCUT2D eigenvalue weighted by Gasteiger charge is -2.10. The minimum atomic E-state index is -0.414. The van der Waals surface area contributed by atoms with Crippen molar-refractivity contribution >= 4 is 11.6 Å². The summed E-state index contributed by atoms with van der Waals surface area (Å²) in [5.41, 5.74) is 0.442. The predicted octanol–water partition coefficient (Wildman–Crippen LogP) is 1.01. The molecular formula is C12H17FN2O3. The van der Waals surface area contributed by atoms with Gasteiger partial charge < -0.3 is 20.1 Å². The van der Waals surface area contributed by atoms with Crippen LogP contribution in [0.5, 0.6) is 5.75 Å². The Morgan fingerprint density at radius 1 is 1.39 bits per heavy atom. The van der Waals surface area contributed by atoms with E-state index in [0.29, 0.717) is 24.6 Å². The van der Waals surface area contributed by atoms with Gasteiger partial charge in [-0.2, -0.15) is 0 Å². The van der Waals surface area contributed by atoms with E-state index in [9.17, 15) is 9.18 Å². The maximum absolute atomic E-state index is 12.9. The molecule has 1 aromatic rings. The van der Waals surface area contributed by atoms with Gasteiger partial charge in [-0.15, -0.1) is 0 Å². The number of carbonyl (C=O) groups is 1. The molecule has 0 atom stereocenters. The van der Waals surface area contributed by atoms with Crippen LogP contribution in [-0.4, -0.2) is 39.8 Å². The van der Waals surface area contributed by atoms with E-state index in [0.717, 1.165) is 0 Å². The van der Waals surface area contributed by atoms with E-state index in [2.05, 4.69) is 10.6 Å². The van der Waals surface area contributed by atoms with Crippen LogP contribution in [0.2, 0.25) is 0 Å². The number of anilines is 1. The number of halogens is 1. The summed E-state index contributed by atoms with van der Waals surface area (Å²) >= 11 is 0. The van der Waals surface area contributed by atoms with Crippen LogP contribution in [0.25, 0.3) is 0 Å². The number of methoxy groups -OCH3 is 2. The number of hydrogen-bond acceptors (Lipinski definition) is 4. The number of hydrogen-bond donors (Lipinski definition) is 2. The van der Waals surface area contributed by atoms with E-state index in [-0.39, 0.29) is 12.5 Å². The Morgan fingerprint density at radius 3 is 2.83 bits per heavy atom. The molecule has 0 spiro atoms. The molecule has 18 heavy (non-hydrogen) atoms. The van der Waals surface area contributed by atoms with Gasteiger partial charge >= 0.3 is 0 Å². The number of carbonyl (C=O) groups excluding carboxylic acids is 1. The highest BCUT2D eigenvalue weighted by Gasteiger charge is 2.08. The zero-order valence-corrected chi connectivity index (χ0v) is 10.5. The summed E-state index contributed by atoms with van der Waals surface area (Å²) in [5.74, 6) is -0.348. The molecule has 0 unspecified atom stereocenters. The van der Waals surface area contributed by atoms with Crippen molar-refractivity contribution in [1.29, 1.82) is 0 Å². The second-order valence-corrected chi connectivity index (χ2v) is 3.56. The van der Waals surface area contributed by atoms with Crippen molar-refractivity contribution in [2.45, 2.75) is 0 Å². The molecule has 100 valence electrons. The number of ether oxygens (including phenoxy) is 2. The van der Waals surface area contributed by atoms with E-state index < -0.39 is 5.82 Å². The number of benzene rings is 1. The highest BCUT2D eigenvalue weighted by atomic mass is 19.1. The van der Waals surface area contributed by atoms with Gasteiger partial charge in [-0.1, -0.05) is 0 Å². The fraction of sp³-hybridized carbons (Fsp3) is 0.417.